The Morgan fingerprint density at radius 2 is 2.25 bits per heavy atom. The van der Waals surface area contributed by atoms with Gasteiger partial charge in [-0.05, 0) is 0 Å². The molecule has 1 aromatic rings. The number of nitrogens with zero attached hydrogens (tertiary/aromatic N) is 3. The van der Waals surface area contributed by atoms with Crippen LogP contribution in [0.3, 0.4) is 0 Å². The van der Waals surface area contributed by atoms with Gasteiger partial charge in [-0.15, -0.1) is 5.10 Å². The average molecular weight is 297 g/mol. The molecule has 0 aromatic carbocycles. The van der Waals surface area contributed by atoms with Crippen molar-refractivity contribution in [2.24, 2.45) is 5.92 Å². The Morgan fingerprint density at radius 3 is 2.70 bits per heavy atom. The van der Waals surface area contributed by atoms with E-state index in [-0.39, 0.29) is 6.54 Å². The van der Waals surface area contributed by atoms with Gasteiger partial charge in [0.1, 0.15) is 6.20 Å². The Labute approximate surface area is 109 Å². The summed E-state index contributed by atoms with van der Waals surface area (Å²) in [5, 5.41) is 22.8. The highest BCUT2D eigenvalue weighted by Crippen LogP contribution is 2.27. The van der Waals surface area contributed by atoms with E-state index in [2.05, 4.69) is 9.84 Å². The van der Waals surface area contributed by atoms with E-state index < -0.39 is 41.2 Å². The van der Waals surface area contributed by atoms with Crippen LogP contribution >= 0.6 is 0 Å². The van der Waals surface area contributed by atoms with Crippen molar-refractivity contribution in [1.29, 1.82) is 0 Å². The molecule has 1 heterocycles. The Hall–Kier alpha value is -2.33. The van der Waals surface area contributed by atoms with Crippen molar-refractivity contribution in [3.63, 3.8) is 0 Å². The highest BCUT2D eigenvalue weighted by Gasteiger charge is 2.31. The first kappa shape index (κ1) is 15.7. The minimum atomic E-state index is -4.66. The monoisotopic (exact) mass is 297 g/mol. The van der Waals surface area contributed by atoms with Gasteiger partial charge in [0.15, 0.2) is 6.61 Å². The van der Waals surface area contributed by atoms with Gasteiger partial charge in [0.2, 0.25) is 0 Å². The fourth-order valence-electron chi connectivity index (χ4n) is 1.22. The first-order valence-electron chi connectivity index (χ1n) is 5.24. The number of aliphatic carboxylic acids is 1. The molecule has 1 atom stereocenters. The van der Waals surface area contributed by atoms with Crippen molar-refractivity contribution < 1.29 is 32.7 Å². The van der Waals surface area contributed by atoms with Crippen LogP contribution in [0.15, 0.2) is 6.20 Å². The van der Waals surface area contributed by atoms with E-state index in [1.165, 1.54) is 6.92 Å². The topological polar surface area (TPSA) is 107 Å². The van der Waals surface area contributed by atoms with E-state index in [4.69, 9.17) is 5.11 Å². The van der Waals surface area contributed by atoms with Crippen LogP contribution in [0.2, 0.25) is 0 Å². The fourth-order valence-corrected chi connectivity index (χ4v) is 1.22. The molecule has 0 amide bonds. The molecule has 1 aromatic heterocycles. The van der Waals surface area contributed by atoms with Gasteiger partial charge in [0.05, 0.1) is 17.4 Å². The molecule has 1 N–H and O–H groups in total. The van der Waals surface area contributed by atoms with Crippen LogP contribution in [0.1, 0.15) is 6.92 Å². The molecule has 0 unspecified atom stereocenters. The second-order valence-corrected chi connectivity index (χ2v) is 3.94. The third-order valence-electron chi connectivity index (χ3n) is 2.16. The molecule has 20 heavy (non-hydrogen) atoms. The van der Waals surface area contributed by atoms with E-state index in [0.717, 1.165) is 10.9 Å². The minimum absolute atomic E-state index is 0.231. The number of hydrogen-bond donors (Lipinski definition) is 1. The van der Waals surface area contributed by atoms with Crippen molar-refractivity contribution in [2.45, 2.75) is 19.6 Å². The summed E-state index contributed by atoms with van der Waals surface area (Å²) in [4.78, 5) is 20.3. The predicted molar refractivity (Wildman–Crippen MR) is 57.2 cm³/mol. The first-order valence-corrected chi connectivity index (χ1v) is 5.24. The summed E-state index contributed by atoms with van der Waals surface area (Å²) < 4.78 is 41.1. The summed E-state index contributed by atoms with van der Waals surface area (Å²) in [6, 6.07) is 0. The molecule has 1 rings (SSSR count). The number of nitro groups is 1. The van der Waals surface area contributed by atoms with Gasteiger partial charge in [0, 0.05) is 0 Å². The molecule has 0 bridgehead atoms. The SMILES string of the molecule is C[C@H](Cn1cc([N+](=O)[O-])c(OCC(F)(F)F)n1)C(=O)O. The van der Waals surface area contributed by atoms with Gasteiger partial charge in [0.25, 0.3) is 0 Å². The highest BCUT2D eigenvalue weighted by atomic mass is 19.4. The van der Waals surface area contributed by atoms with Crippen molar-refractivity contribution in [2.75, 3.05) is 6.61 Å². The van der Waals surface area contributed by atoms with E-state index in [1.807, 2.05) is 0 Å². The molecule has 112 valence electrons. The minimum Gasteiger partial charge on any atom is -0.481 e. The number of aromatic nitrogens is 2. The summed E-state index contributed by atoms with van der Waals surface area (Å²) in [5.74, 6) is -2.88. The summed E-state index contributed by atoms with van der Waals surface area (Å²) in [5.41, 5.74) is -0.758. The van der Waals surface area contributed by atoms with E-state index in [9.17, 15) is 28.1 Å². The lowest BCUT2D eigenvalue weighted by molar-refractivity contribution is -0.386. The van der Waals surface area contributed by atoms with Gasteiger partial charge in [-0.1, -0.05) is 6.92 Å². The van der Waals surface area contributed by atoms with Gasteiger partial charge in [-0.3, -0.25) is 19.6 Å². The largest absolute Gasteiger partial charge is 0.481 e. The summed E-state index contributed by atoms with van der Waals surface area (Å²) in [7, 11) is 0. The van der Waals surface area contributed by atoms with E-state index in [1.54, 1.807) is 0 Å². The van der Waals surface area contributed by atoms with Crippen LogP contribution < -0.4 is 4.74 Å². The van der Waals surface area contributed by atoms with Gasteiger partial charge in [-0.25, -0.2) is 0 Å². The van der Waals surface area contributed by atoms with Crippen LogP contribution in [-0.2, 0) is 11.3 Å². The molecule has 0 saturated heterocycles. The maximum absolute atomic E-state index is 12.0. The van der Waals surface area contributed by atoms with Crippen molar-refractivity contribution in [1.82, 2.24) is 9.78 Å². The zero-order chi connectivity index (χ0) is 15.5. The number of ether oxygens (including phenoxy) is 1. The molecular formula is C9H10F3N3O5. The number of carboxylic acids is 1. The van der Waals surface area contributed by atoms with Crippen molar-refractivity contribution in [3.05, 3.63) is 16.3 Å². The van der Waals surface area contributed by atoms with E-state index in [0.29, 0.717) is 0 Å². The number of carboxylic acid groups (broad SMARTS) is 1. The Bertz CT molecular complexity index is 513. The zero-order valence-corrected chi connectivity index (χ0v) is 10.1. The maximum atomic E-state index is 12.0. The number of halogens is 3. The van der Waals surface area contributed by atoms with Crippen LogP contribution in [0, 0.1) is 16.0 Å². The second kappa shape index (κ2) is 5.75. The van der Waals surface area contributed by atoms with Crippen molar-refractivity contribution >= 4 is 11.7 Å². The zero-order valence-electron chi connectivity index (χ0n) is 10.1. The lowest BCUT2D eigenvalue weighted by atomic mass is 10.2. The third-order valence-corrected chi connectivity index (χ3v) is 2.16. The predicted octanol–water partition coefficient (Wildman–Crippen LogP) is 1.45. The van der Waals surface area contributed by atoms with Crippen LogP contribution in [0.4, 0.5) is 18.9 Å². The van der Waals surface area contributed by atoms with Gasteiger partial charge < -0.3 is 9.84 Å². The second-order valence-electron chi connectivity index (χ2n) is 3.94. The van der Waals surface area contributed by atoms with Crippen molar-refractivity contribution in [3.8, 4) is 5.88 Å². The molecule has 8 nitrogen and oxygen atoms in total. The number of hydrogen-bond acceptors (Lipinski definition) is 5. The molecule has 0 saturated carbocycles. The lowest BCUT2D eigenvalue weighted by Gasteiger charge is -2.06. The van der Waals surface area contributed by atoms with Crippen LogP contribution in [-0.4, -0.2) is 38.6 Å². The molecule has 11 heteroatoms. The normalized spacial score (nSPS) is 13.0. The lowest BCUT2D eigenvalue weighted by Crippen LogP contribution is -2.20. The Balaban J connectivity index is 2.90. The van der Waals surface area contributed by atoms with Crippen LogP contribution in [0.5, 0.6) is 5.88 Å². The average Bonchev–Trinajstić information content (AvgIpc) is 2.68. The number of alkyl halides is 3. The standard InChI is InChI=1S/C9H10F3N3O5/c1-5(8(16)17)2-14-3-6(15(18)19)7(13-14)20-4-9(10,11)12/h3,5H,2,4H2,1H3,(H,16,17)/t5-/m1/s1. The summed E-state index contributed by atoms with van der Waals surface area (Å²) >= 11 is 0. The Kier molecular flexibility index (Phi) is 4.53. The molecule has 0 aliphatic rings. The van der Waals surface area contributed by atoms with Gasteiger partial charge >= 0.3 is 23.7 Å². The first-order chi connectivity index (χ1) is 9.10. The quantitative estimate of drug-likeness (QED) is 0.629. The maximum Gasteiger partial charge on any atom is 0.422 e. The molecule has 0 aliphatic carbocycles. The molecule has 0 spiro atoms. The highest BCUT2D eigenvalue weighted by molar-refractivity contribution is 5.69. The fraction of sp³-hybridized carbons (Fsp3) is 0.556. The summed E-state index contributed by atoms with van der Waals surface area (Å²) in [6.07, 6.45) is -3.84. The van der Waals surface area contributed by atoms with Crippen LogP contribution in [0.25, 0.3) is 0 Å². The molecular weight excluding hydrogens is 287 g/mol. The molecule has 0 fully saturated rings. The van der Waals surface area contributed by atoms with E-state index >= 15 is 0 Å². The number of carbonyl (C=O) groups is 1. The van der Waals surface area contributed by atoms with Gasteiger partial charge in [-0.2, -0.15) is 13.2 Å². The number of rotatable bonds is 6. The molecule has 0 radical (unpaired) electrons. The Morgan fingerprint density at radius 1 is 1.65 bits per heavy atom. The molecule has 0 aliphatic heterocycles. The smallest absolute Gasteiger partial charge is 0.422 e. The summed E-state index contributed by atoms with van der Waals surface area (Å²) in [6.45, 7) is -0.628. The third kappa shape index (κ3) is 4.40.